The fourth-order valence-corrected chi connectivity index (χ4v) is 2.62. The van der Waals surface area contributed by atoms with Crippen LogP contribution in [0.3, 0.4) is 0 Å². The second-order valence-electron chi connectivity index (χ2n) is 5.40. The maximum atomic E-state index is 13.7. The van der Waals surface area contributed by atoms with Crippen LogP contribution in [0.2, 0.25) is 0 Å². The molecule has 0 spiro atoms. The Balaban J connectivity index is 1.64. The molecular weight excluding hydrogens is 292 g/mol. The molecule has 0 amide bonds. The number of nitrogens with zero attached hydrogens (tertiary/aromatic N) is 1. The summed E-state index contributed by atoms with van der Waals surface area (Å²) in [6, 6.07) is 4.68. The van der Waals surface area contributed by atoms with Crippen LogP contribution in [0.5, 0.6) is 0 Å². The minimum atomic E-state index is -0.731. The third-order valence-corrected chi connectivity index (χ3v) is 3.81. The Bertz CT molecular complexity index is 678. The van der Waals surface area contributed by atoms with Crippen LogP contribution >= 0.6 is 0 Å². The average molecular weight is 307 g/mol. The molecule has 1 heterocycles. The van der Waals surface area contributed by atoms with Gasteiger partial charge in [0.2, 0.25) is 0 Å². The van der Waals surface area contributed by atoms with Gasteiger partial charge in [-0.05, 0) is 25.0 Å². The van der Waals surface area contributed by atoms with Crippen LogP contribution in [-0.2, 0) is 16.1 Å². The molecule has 0 radical (unpaired) electrons. The zero-order chi connectivity index (χ0) is 15.5. The first-order valence-electron chi connectivity index (χ1n) is 7.21. The normalized spacial score (nSPS) is 15.2. The van der Waals surface area contributed by atoms with Crippen LogP contribution in [0.4, 0.5) is 8.78 Å². The van der Waals surface area contributed by atoms with Crippen LogP contribution < -0.4 is 0 Å². The van der Waals surface area contributed by atoms with Gasteiger partial charge in [-0.1, -0.05) is 18.0 Å². The van der Waals surface area contributed by atoms with E-state index in [9.17, 15) is 13.6 Å². The highest BCUT2D eigenvalue weighted by Gasteiger charge is 2.24. The van der Waals surface area contributed by atoms with Crippen molar-refractivity contribution in [2.75, 3.05) is 0 Å². The van der Waals surface area contributed by atoms with Gasteiger partial charge in [0, 0.05) is 12.1 Å². The van der Waals surface area contributed by atoms with Gasteiger partial charge in [-0.15, -0.1) is 0 Å². The third-order valence-electron chi connectivity index (χ3n) is 3.81. The first-order chi connectivity index (χ1) is 10.6. The average Bonchev–Trinajstić information content (AvgIpc) is 3.16. The van der Waals surface area contributed by atoms with E-state index >= 15 is 0 Å². The van der Waals surface area contributed by atoms with E-state index in [1.54, 1.807) is 0 Å². The highest BCUT2D eigenvalue weighted by atomic mass is 19.1. The number of aromatic nitrogens is 1. The smallest absolute Gasteiger partial charge is 0.309 e. The number of hydrogen-bond acceptors (Lipinski definition) is 4. The lowest BCUT2D eigenvalue weighted by Crippen LogP contribution is -2.14. The van der Waals surface area contributed by atoms with E-state index in [1.807, 2.05) is 0 Å². The number of carbonyl (C=O) groups is 1. The van der Waals surface area contributed by atoms with E-state index in [0.29, 0.717) is 5.69 Å². The molecule has 1 aromatic carbocycles. The van der Waals surface area contributed by atoms with Crippen molar-refractivity contribution < 1.29 is 22.8 Å². The first kappa shape index (κ1) is 14.7. The largest absolute Gasteiger partial charge is 0.459 e. The number of esters is 1. The summed E-state index contributed by atoms with van der Waals surface area (Å²) < 4.78 is 36.8. The minimum absolute atomic E-state index is 0.0123. The van der Waals surface area contributed by atoms with E-state index < -0.39 is 11.6 Å². The Morgan fingerprint density at radius 3 is 2.77 bits per heavy atom. The van der Waals surface area contributed by atoms with Crippen molar-refractivity contribution in [3.05, 3.63) is 41.6 Å². The molecule has 1 aromatic heterocycles. The first-order valence-corrected chi connectivity index (χ1v) is 7.21. The molecule has 6 heteroatoms. The Morgan fingerprint density at radius 1 is 1.27 bits per heavy atom. The summed E-state index contributed by atoms with van der Waals surface area (Å²) in [5.74, 6) is -1.47. The molecule has 1 saturated carbocycles. The van der Waals surface area contributed by atoms with Gasteiger partial charge in [-0.2, -0.15) is 0 Å². The number of ether oxygens (including phenoxy) is 1. The van der Waals surface area contributed by atoms with Crippen LogP contribution in [0.1, 0.15) is 31.4 Å². The zero-order valence-corrected chi connectivity index (χ0v) is 11.9. The lowest BCUT2D eigenvalue weighted by atomic mass is 10.1. The molecule has 0 atom stereocenters. The minimum Gasteiger partial charge on any atom is -0.459 e. The van der Waals surface area contributed by atoms with Gasteiger partial charge >= 0.3 is 5.97 Å². The van der Waals surface area contributed by atoms with E-state index in [-0.39, 0.29) is 29.8 Å². The zero-order valence-electron chi connectivity index (χ0n) is 11.9. The number of carbonyl (C=O) groups excluding carboxylic acids is 1. The maximum absolute atomic E-state index is 13.7. The Kier molecular flexibility index (Phi) is 4.18. The summed E-state index contributed by atoms with van der Waals surface area (Å²) in [5, 5.41) is 3.74. The van der Waals surface area contributed by atoms with Crippen molar-refractivity contribution >= 4 is 5.97 Å². The van der Waals surface area contributed by atoms with E-state index in [4.69, 9.17) is 9.26 Å². The molecule has 22 heavy (non-hydrogen) atoms. The number of hydrogen-bond donors (Lipinski definition) is 0. The maximum Gasteiger partial charge on any atom is 0.309 e. The summed E-state index contributed by atoms with van der Waals surface area (Å²) >= 11 is 0. The van der Waals surface area contributed by atoms with Crippen LogP contribution in [0.15, 0.2) is 28.8 Å². The molecule has 3 rings (SSSR count). The molecule has 1 aliphatic rings. The molecule has 2 aromatic rings. The highest BCUT2D eigenvalue weighted by molar-refractivity contribution is 5.72. The van der Waals surface area contributed by atoms with Gasteiger partial charge in [-0.25, -0.2) is 8.78 Å². The van der Waals surface area contributed by atoms with Crippen molar-refractivity contribution in [2.24, 2.45) is 5.92 Å². The van der Waals surface area contributed by atoms with Gasteiger partial charge in [0.25, 0.3) is 0 Å². The van der Waals surface area contributed by atoms with Gasteiger partial charge < -0.3 is 9.26 Å². The standard InChI is InChI=1S/C16H15F2NO3/c17-11-5-6-13(14(18)7-11)15-8-12(19-22-15)9-21-16(20)10-3-1-2-4-10/h5-8,10H,1-4,9H2. The van der Waals surface area contributed by atoms with Gasteiger partial charge in [-0.3, -0.25) is 4.79 Å². The number of halogens is 2. The van der Waals surface area contributed by atoms with E-state index in [1.165, 1.54) is 12.1 Å². The molecule has 0 aliphatic heterocycles. The van der Waals surface area contributed by atoms with Crippen molar-refractivity contribution in [2.45, 2.75) is 32.3 Å². The van der Waals surface area contributed by atoms with Crippen molar-refractivity contribution in [3.63, 3.8) is 0 Å². The topological polar surface area (TPSA) is 52.3 Å². The van der Waals surface area contributed by atoms with Gasteiger partial charge in [0.05, 0.1) is 11.5 Å². The summed E-state index contributed by atoms with van der Waals surface area (Å²) in [7, 11) is 0. The number of rotatable bonds is 4. The van der Waals surface area contributed by atoms with Crippen LogP contribution in [0.25, 0.3) is 11.3 Å². The third kappa shape index (κ3) is 3.16. The van der Waals surface area contributed by atoms with Crippen molar-refractivity contribution in [3.8, 4) is 11.3 Å². The lowest BCUT2D eigenvalue weighted by Gasteiger charge is -2.07. The lowest BCUT2D eigenvalue weighted by molar-refractivity contribution is -0.149. The molecule has 0 bridgehead atoms. The summed E-state index contributed by atoms with van der Waals surface area (Å²) in [5.41, 5.74) is 0.507. The fourth-order valence-electron chi connectivity index (χ4n) is 2.62. The Hall–Kier alpha value is -2.24. The second-order valence-corrected chi connectivity index (χ2v) is 5.40. The summed E-state index contributed by atoms with van der Waals surface area (Å²) in [6.45, 7) is -0.0123. The Labute approximate surface area is 126 Å². The SMILES string of the molecule is O=C(OCc1cc(-c2ccc(F)cc2F)on1)C1CCCC1. The van der Waals surface area contributed by atoms with E-state index in [0.717, 1.165) is 37.8 Å². The quantitative estimate of drug-likeness (QED) is 0.805. The molecule has 1 aliphatic carbocycles. The van der Waals surface area contributed by atoms with Crippen molar-refractivity contribution in [1.82, 2.24) is 5.16 Å². The predicted octanol–water partition coefficient (Wildman–Crippen LogP) is 3.85. The van der Waals surface area contributed by atoms with Gasteiger partial charge in [0.1, 0.15) is 23.9 Å². The molecule has 0 saturated heterocycles. The molecular formula is C16H15F2NO3. The molecule has 0 N–H and O–H groups in total. The molecule has 4 nitrogen and oxygen atoms in total. The molecule has 116 valence electrons. The predicted molar refractivity (Wildman–Crippen MR) is 73.6 cm³/mol. The monoisotopic (exact) mass is 307 g/mol. The Morgan fingerprint density at radius 2 is 2.05 bits per heavy atom. The van der Waals surface area contributed by atoms with Crippen molar-refractivity contribution in [1.29, 1.82) is 0 Å². The fraction of sp³-hybridized carbons (Fsp3) is 0.375. The van der Waals surface area contributed by atoms with Crippen LogP contribution in [-0.4, -0.2) is 11.1 Å². The highest BCUT2D eigenvalue weighted by Crippen LogP contribution is 2.27. The van der Waals surface area contributed by atoms with Crippen LogP contribution in [0, 0.1) is 17.6 Å². The van der Waals surface area contributed by atoms with Gasteiger partial charge in [0.15, 0.2) is 5.76 Å². The molecule has 1 fully saturated rings. The second kappa shape index (κ2) is 6.25. The number of benzene rings is 1. The van der Waals surface area contributed by atoms with E-state index in [2.05, 4.69) is 5.16 Å². The summed E-state index contributed by atoms with van der Waals surface area (Å²) in [6.07, 6.45) is 3.84. The summed E-state index contributed by atoms with van der Waals surface area (Å²) in [4.78, 5) is 11.8. The molecule has 0 unspecified atom stereocenters.